The summed E-state index contributed by atoms with van der Waals surface area (Å²) in [4.78, 5) is 12.0. The van der Waals surface area contributed by atoms with Gasteiger partial charge in [0.15, 0.2) is 0 Å². The lowest BCUT2D eigenvalue weighted by Crippen LogP contribution is -2.37. The van der Waals surface area contributed by atoms with Crippen LogP contribution in [0.1, 0.15) is 29.6 Å². The third-order valence-electron chi connectivity index (χ3n) is 3.32. The predicted octanol–water partition coefficient (Wildman–Crippen LogP) is 2.69. The molecule has 1 saturated carbocycles. The van der Waals surface area contributed by atoms with Crippen molar-refractivity contribution >= 4 is 21.8 Å². The van der Waals surface area contributed by atoms with Gasteiger partial charge in [0.25, 0.3) is 5.91 Å². The van der Waals surface area contributed by atoms with Gasteiger partial charge in [0, 0.05) is 11.4 Å². The van der Waals surface area contributed by atoms with Gasteiger partial charge in [-0.1, -0.05) is 34.5 Å². The van der Waals surface area contributed by atoms with Crippen LogP contribution >= 0.6 is 15.9 Å². The van der Waals surface area contributed by atoms with Crippen molar-refractivity contribution in [1.82, 2.24) is 5.32 Å². The maximum Gasteiger partial charge on any atom is 0.255 e. The maximum atomic E-state index is 12.0. The van der Waals surface area contributed by atoms with E-state index in [0.717, 1.165) is 24.6 Å². The molecule has 17 heavy (non-hydrogen) atoms. The zero-order valence-corrected chi connectivity index (χ0v) is 11.1. The van der Waals surface area contributed by atoms with Crippen LogP contribution in [-0.4, -0.2) is 22.4 Å². The van der Waals surface area contributed by atoms with E-state index in [2.05, 4.69) is 21.2 Å². The fraction of sp³-hybridized carbons (Fsp3) is 0.462. The molecule has 0 saturated heterocycles. The second-order valence-corrected chi connectivity index (χ2v) is 5.09. The molecule has 2 unspecified atom stereocenters. The van der Waals surface area contributed by atoms with Crippen molar-refractivity contribution in [1.29, 1.82) is 0 Å². The molecule has 0 bridgehead atoms. The number of phenols is 1. The summed E-state index contributed by atoms with van der Waals surface area (Å²) in [6.07, 6.45) is 3.33. The number of nitrogens with one attached hydrogen (secondary N) is 1. The smallest absolute Gasteiger partial charge is 0.255 e. The quantitative estimate of drug-likeness (QED) is 0.843. The van der Waals surface area contributed by atoms with Crippen molar-refractivity contribution in [3.8, 4) is 5.75 Å². The number of benzene rings is 1. The molecule has 4 heteroatoms. The number of hydrogen-bond acceptors (Lipinski definition) is 2. The van der Waals surface area contributed by atoms with Gasteiger partial charge in [-0.3, -0.25) is 4.79 Å². The Labute approximate surface area is 109 Å². The molecule has 1 amide bonds. The molecule has 0 radical (unpaired) electrons. The van der Waals surface area contributed by atoms with Crippen molar-refractivity contribution in [3.63, 3.8) is 0 Å². The zero-order chi connectivity index (χ0) is 12.3. The standard InChI is InChI=1S/C13H16BrNO2/c14-8-9-4-3-6-11(9)15-13(17)10-5-1-2-7-12(10)16/h1-2,5,7,9,11,16H,3-4,6,8H2,(H,15,17). The molecule has 2 rings (SSSR count). The average molecular weight is 298 g/mol. The van der Waals surface area contributed by atoms with Crippen LogP contribution in [0.15, 0.2) is 24.3 Å². The Hall–Kier alpha value is -1.03. The number of hydrogen-bond donors (Lipinski definition) is 2. The van der Waals surface area contributed by atoms with Gasteiger partial charge in [-0.05, 0) is 30.9 Å². The summed E-state index contributed by atoms with van der Waals surface area (Å²) in [5, 5.41) is 13.5. The van der Waals surface area contributed by atoms with E-state index in [1.165, 1.54) is 6.07 Å². The number of amides is 1. The van der Waals surface area contributed by atoms with Gasteiger partial charge in [-0.15, -0.1) is 0 Å². The molecule has 1 fully saturated rings. The van der Waals surface area contributed by atoms with E-state index in [-0.39, 0.29) is 17.7 Å². The van der Waals surface area contributed by atoms with Gasteiger partial charge >= 0.3 is 0 Å². The van der Waals surface area contributed by atoms with E-state index in [1.807, 2.05) is 0 Å². The molecule has 92 valence electrons. The summed E-state index contributed by atoms with van der Waals surface area (Å²) >= 11 is 3.48. The fourth-order valence-corrected chi connectivity index (χ4v) is 3.10. The number of halogens is 1. The first-order valence-electron chi connectivity index (χ1n) is 5.87. The highest BCUT2D eigenvalue weighted by Crippen LogP contribution is 2.27. The highest BCUT2D eigenvalue weighted by Gasteiger charge is 2.28. The van der Waals surface area contributed by atoms with Crippen molar-refractivity contribution < 1.29 is 9.90 Å². The number of aromatic hydroxyl groups is 1. The fourth-order valence-electron chi connectivity index (χ4n) is 2.32. The maximum absolute atomic E-state index is 12.0. The third-order valence-corrected chi connectivity index (χ3v) is 4.15. The molecule has 1 aromatic rings. The van der Waals surface area contributed by atoms with E-state index in [9.17, 15) is 9.90 Å². The topological polar surface area (TPSA) is 49.3 Å². The molecule has 0 spiro atoms. The Morgan fingerprint density at radius 3 is 2.88 bits per heavy atom. The van der Waals surface area contributed by atoms with Crippen molar-refractivity contribution in [2.75, 3.05) is 5.33 Å². The second-order valence-electron chi connectivity index (χ2n) is 4.44. The summed E-state index contributed by atoms with van der Waals surface area (Å²) < 4.78 is 0. The number of carbonyl (C=O) groups excluding carboxylic acids is 1. The summed E-state index contributed by atoms with van der Waals surface area (Å²) in [5.41, 5.74) is 0.354. The first-order chi connectivity index (χ1) is 8.22. The molecule has 0 aromatic heterocycles. The van der Waals surface area contributed by atoms with Gasteiger partial charge < -0.3 is 10.4 Å². The molecular formula is C13H16BrNO2. The summed E-state index contributed by atoms with van der Waals surface area (Å²) in [5.74, 6) is 0.365. The average Bonchev–Trinajstić information content (AvgIpc) is 2.76. The van der Waals surface area contributed by atoms with Gasteiger partial charge in [-0.2, -0.15) is 0 Å². The zero-order valence-electron chi connectivity index (χ0n) is 9.53. The number of alkyl halides is 1. The molecule has 1 aliphatic carbocycles. The van der Waals surface area contributed by atoms with Crippen molar-refractivity contribution in [3.05, 3.63) is 29.8 Å². The lowest BCUT2D eigenvalue weighted by atomic mass is 10.1. The monoisotopic (exact) mass is 297 g/mol. The Morgan fingerprint density at radius 1 is 1.41 bits per heavy atom. The van der Waals surface area contributed by atoms with E-state index in [1.54, 1.807) is 18.2 Å². The van der Waals surface area contributed by atoms with Crippen molar-refractivity contribution in [2.45, 2.75) is 25.3 Å². The van der Waals surface area contributed by atoms with Crippen molar-refractivity contribution in [2.24, 2.45) is 5.92 Å². The van der Waals surface area contributed by atoms with Gasteiger partial charge in [0.1, 0.15) is 5.75 Å². The largest absolute Gasteiger partial charge is 0.507 e. The molecule has 2 atom stereocenters. The first-order valence-corrected chi connectivity index (χ1v) is 6.99. The molecule has 3 nitrogen and oxygen atoms in total. The number of carbonyl (C=O) groups is 1. The lowest BCUT2D eigenvalue weighted by molar-refractivity contribution is 0.0927. The van der Waals surface area contributed by atoms with Crippen LogP contribution < -0.4 is 5.32 Å². The van der Waals surface area contributed by atoms with Crippen LogP contribution in [0, 0.1) is 5.92 Å². The van der Waals surface area contributed by atoms with Gasteiger partial charge in [0.2, 0.25) is 0 Å². The van der Waals surface area contributed by atoms with E-state index in [4.69, 9.17) is 0 Å². The summed E-state index contributed by atoms with van der Waals surface area (Å²) in [6, 6.07) is 6.86. The predicted molar refractivity (Wildman–Crippen MR) is 70.5 cm³/mol. The SMILES string of the molecule is O=C(NC1CCCC1CBr)c1ccccc1O. The van der Waals surface area contributed by atoms with Gasteiger partial charge in [-0.25, -0.2) is 0 Å². The Balaban J connectivity index is 2.04. The minimum Gasteiger partial charge on any atom is -0.507 e. The lowest BCUT2D eigenvalue weighted by Gasteiger charge is -2.19. The van der Waals surface area contributed by atoms with Crippen LogP contribution in [0.25, 0.3) is 0 Å². The van der Waals surface area contributed by atoms with Crippen LogP contribution in [0.5, 0.6) is 5.75 Å². The Morgan fingerprint density at radius 2 is 2.18 bits per heavy atom. The third kappa shape index (κ3) is 2.80. The summed E-state index contributed by atoms with van der Waals surface area (Å²) in [6.45, 7) is 0. The van der Waals surface area contributed by atoms with E-state index in [0.29, 0.717) is 11.5 Å². The van der Waals surface area contributed by atoms with Crippen LogP contribution in [0.3, 0.4) is 0 Å². The highest BCUT2D eigenvalue weighted by molar-refractivity contribution is 9.09. The van der Waals surface area contributed by atoms with Gasteiger partial charge in [0.05, 0.1) is 5.56 Å². The van der Waals surface area contributed by atoms with Crippen LogP contribution in [0.4, 0.5) is 0 Å². The molecular weight excluding hydrogens is 282 g/mol. The molecule has 0 aliphatic heterocycles. The molecule has 2 N–H and O–H groups in total. The minimum atomic E-state index is -0.180. The Kier molecular flexibility index (Phi) is 4.05. The van der Waals surface area contributed by atoms with Crippen LogP contribution in [0.2, 0.25) is 0 Å². The molecule has 1 aromatic carbocycles. The van der Waals surface area contributed by atoms with E-state index < -0.39 is 0 Å². The highest BCUT2D eigenvalue weighted by atomic mass is 79.9. The van der Waals surface area contributed by atoms with Crippen LogP contribution in [-0.2, 0) is 0 Å². The Bertz CT molecular complexity index is 408. The normalized spacial score (nSPS) is 23.6. The number of rotatable bonds is 3. The second kappa shape index (κ2) is 5.54. The molecule has 0 heterocycles. The van der Waals surface area contributed by atoms with E-state index >= 15 is 0 Å². The summed E-state index contributed by atoms with van der Waals surface area (Å²) in [7, 11) is 0. The molecule has 1 aliphatic rings. The number of phenolic OH excluding ortho intramolecular Hbond substituents is 1. The number of para-hydroxylation sites is 1. The minimum absolute atomic E-state index is 0.0402. The first kappa shape index (κ1) is 12.4.